The van der Waals surface area contributed by atoms with E-state index in [2.05, 4.69) is 35.3 Å². The lowest BCUT2D eigenvalue weighted by molar-refractivity contribution is 0.122. The molecule has 0 bridgehead atoms. The van der Waals surface area contributed by atoms with Crippen LogP contribution in [0.5, 0.6) is 0 Å². The maximum absolute atomic E-state index is 5.48. The van der Waals surface area contributed by atoms with Crippen molar-refractivity contribution in [3.8, 4) is 0 Å². The van der Waals surface area contributed by atoms with Crippen molar-refractivity contribution in [2.45, 2.75) is 26.2 Å². The van der Waals surface area contributed by atoms with Gasteiger partial charge in [0.1, 0.15) is 0 Å². The predicted octanol–water partition coefficient (Wildman–Crippen LogP) is 2.37. The zero-order chi connectivity index (χ0) is 13.8. The number of nitrogens with one attached hydrogen (secondary N) is 1. The van der Waals surface area contributed by atoms with Gasteiger partial charge in [-0.15, -0.1) is 0 Å². The number of benzene rings is 1. The molecule has 1 N–H and O–H groups in total. The molecule has 0 saturated carbocycles. The summed E-state index contributed by atoms with van der Waals surface area (Å²) in [6, 6.07) is 6.94. The summed E-state index contributed by atoms with van der Waals surface area (Å²) in [6.07, 6.45) is 3.90. The van der Waals surface area contributed by atoms with Gasteiger partial charge in [-0.1, -0.05) is 17.7 Å². The van der Waals surface area contributed by atoms with Crippen LogP contribution in [0, 0.1) is 12.8 Å². The second-order valence-electron chi connectivity index (χ2n) is 6.15. The number of hydrogen-bond acceptors (Lipinski definition) is 3. The average molecular weight is 274 g/mol. The number of rotatable bonds is 3. The van der Waals surface area contributed by atoms with Crippen LogP contribution in [0.1, 0.15) is 24.0 Å². The SMILES string of the molecule is Cc1ccc(N2CCOCC2)c(CC2CCCNC2)c1. The van der Waals surface area contributed by atoms with Gasteiger partial charge < -0.3 is 15.0 Å². The van der Waals surface area contributed by atoms with Gasteiger partial charge in [-0.3, -0.25) is 0 Å². The molecule has 0 aliphatic carbocycles. The zero-order valence-electron chi connectivity index (χ0n) is 12.5. The van der Waals surface area contributed by atoms with Crippen LogP contribution in [0.15, 0.2) is 18.2 Å². The Balaban J connectivity index is 1.77. The third kappa shape index (κ3) is 3.33. The summed E-state index contributed by atoms with van der Waals surface area (Å²) < 4.78 is 5.48. The summed E-state index contributed by atoms with van der Waals surface area (Å²) in [5.74, 6) is 0.797. The molecule has 0 spiro atoms. The Hall–Kier alpha value is -1.06. The zero-order valence-corrected chi connectivity index (χ0v) is 12.5. The van der Waals surface area contributed by atoms with Crippen LogP contribution in [0.3, 0.4) is 0 Å². The molecule has 1 aromatic carbocycles. The van der Waals surface area contributed by atoms with Crippen LogP contribution in [0.4, 0.5) is 5.69 Å². The fraction of sp³-hybridized carbons (Fsp3) is 0.647. The first-order valence-corrected chi connectivity index (χ1v) is 7.96. The number of hydrogen-bond donors (Lipinski definition) is 1. The normalized spacial score (nSPS) is 23.9. The molecule has 3 nitrogen and oxygen atoms in total. The molecule has 3 heteroatoms. The van der Waals surface area contributed by atoms with Crippen molar-refractivity contribution in [2.75, 3.05) is 44.3 Å². The highest BCUT2D eigenvalue weighted by molar-refractivity contribution is 5.55. The van der Waals surface area contributed by atoms with Crippen LogP contribution < -0.4 is 10.2 Å². The summed E-state index contributed by atoms with van der Waals surface area (Å²) in [4.78, 5) is 2.49. The number of piperidine rings is 1. The van der Waals surface area contributed by atoms with E-state index in [-0.39, 0.29) is 0 Å². The molecule has 2 saturated heterocycles. The van der Waals surface area contributed by atoms with Gasteiger partial charge >= 0.3 is 0 Å². The summed E-state index contributed by atoms with van der Waals surface area (Å²) in [5, 5.41) is 3.54. The van der Waals surface area contributed by atoms with Crippen molar-refractivity contribution in [3.05, 3.63) is 29.3 Å². The van der Waals surface area contributed by atoms with Gasteiger partial charge in [0, 0.05) is 18.8 Å². The Morgan fingerprint density at radius 1 is 1.30 bits per heavy atom. The molecule has 0 amide bonds. The van der Waals surface area contributed by atoms with E-state index in [0.717, 1.165) is 32.2 Å². The monoisotopic (exact) mass is 274 g/mol. The van der Waals surface area contributed by atoms with E-state index in [1.54, 1.807) is 0 Å². The quantitative estimate of drug-likeness (QED) is 0.916. The first-order valence-electron chi connectivity index (χ1n) is 7.96. The highest BCUT2D eigenvalue weighted by Crippen LogP contribution is 2.27. The van der Waals surface area contributed by atoms with Crippen molar-refractivity contribution < 1.29 is 4.74 Å². The summed E-state index contributed by atoms with van der Waals surface area (Å²) in [7, 11) is 0. The molecule has 2 fully saturated rings. The lowest BCUT2D eigenvalue weighted by Crippen LogP contribution is -2.37. The molecule has 0 radical (unpaired) electrons. The van der Waals surface area contributed by atoms with E-state index in [9.17, 15) is 0 Å². The molecule has 1 unspecified atom stereocenters. The predicted molar refractivity (Wildman–Crippen MR) is 83.5 cm³/mol. The van der Waals surface area contributed by atoms with Crippen molar-refractivity contribution in [1.29, 1.82) is 0 Å². The molecular formula is C17H26N2O. The molecule has 110 valence electrons. The average Bonchev–Trinajstić information content (AvgIpc) is 2.49. The van der Waals surface area contributed by atoms with E-state index < -0.39 is 0 Å². The van der Waals surface area contributed by atoms with Gasteiger partial charge in [0.2, 0.25) is 0 Å². The lowest BCUT2D eigenvalue weighted by atomic mass is 9.90. The van der Waals surface area contributed by atoms with Gasteiger partial charge in [-0.25, -0.2) is 0 Å². The summed E-state index contributed by atoms with van der Waals surface area (Å²) >= 11 is 0. The topological polar surface area (TPSA) is 24.5 Å². The van der Waals surface area contributed by atoms with Gasteiger partial charge in [0.05, 0.1) is 13.2 Å². The number of ether oxygens (including phenoxy) is 1. The van der Waals surface area contributed by atoms with E-state index in [0.29, 0.717) is 0 Å². The summed E-state index contributed by atoms with van der Waals surface area (Å²) in [5.41, 5.74) is 4.34. The van der Waals surface area contributed by atoms with Gasteiger partial charge in [-0.2, -0.15) is 0 Å². The van der Waals surface area contributed by atoms with Crippen molar-refractivity contribution in [2.24, 2.45) is 5.92 Å². The second-order valence-corrected chi connectivity index (χ2v) is 6.15. The summed E-state index contributed by atoms with van der Waals surface area (Å²) in [6.45, 7) is 8.34. The van der Waals surface area contributed by atoms with E-state index >= 15 is 0 Å². The van der Waals surface area contributed by atoms with Crippen LogP contribution in [0.2, 0.25) is 0 Å². The van der Waals surface area contributed by atoms with Crippen molar-refractivity contribution >= 4 is 5.69 Å². The minimum atomic E-state index is 0.797. The molecule has 2 heterocycles. The fourth-order valence-electron chi connectivity index (χ4n) is 3.40. The maximum Gasteiger partial charge on any atom is 0.0642 e. The minimum Gasteiger partial charge on any atom is -0.378 e. The number of anilines is 1. The van der Waals surface area contributed by atoms with Crippen molar-refractivity contribution in [3.63, 3.8) is 0 Å². The molecule has 3 rings (SSSR count). The molecular weight excluding hydrogens is 248 g/mol. The van der Waals surface area contributed by atoms with Gasteiger partial charge in [-0.05, 0) is 56.8 Å². The third-order valence-corrected chi connectivity index (χ3v) is 4.49. The molecule has 0 aromatic heterocycles. The van der Waals surface area contributed by atoms with Gasteiger partial charge in [0.25, 0.3) is 0 Å². The first kappa shape index (κ1) is 13.9. The molecule has 20 heavy (non-hydrogen) atoms. The standard InChI is InChI=1S/C17H26N2O/c1-14-4-5-17(19-7-9-20-10-8-19)16(11-14)12-15-3-2-6-18-13-15/h4-5,11,15,18H,2-3,6-10,12-13H2,1H3. The van der Waals surface area contributed by atoms with Crippen molar-refractivity contribution in [1.82, 2.24) is 5.32 Å². The van der Waals surface area contributed by atoms with Crippen LogP contribution in [-0.2, 0) is 11.2 Å². The largest absolute Gasteiger partial charge is 0.378 e. The Morgan fingerprint density at radius 2 is 2.15 bits per heavy atom. The first-order chi connectivity index (χ1) is 9.83. The molecule has 2 aliphatic rings. The highest BCUT2D eigenvalue weighted by Gasteiger charge is 2.19. The molecule has 2 aliphatic heterocycles. The van der Waals surface area contributed by atoms with E-state index in [1.807, 2.05) is 0 Å². The third-order valence-electron chi connectivity index (χ3n) is 4.49. The maximum atomic E-state index is 5.48. The lowest BCUT2D eigenvalue weighted by Gasteiger charge is -2.32. The van der Waals surface area contributed by atoms with E-state index in [4.69, 9.17) is 4.74 Å². The Morgan fingerprint density at radius 3 is 2.90 bits per heavy atom. The van der Waals surface area contributed by atoms with Crippen LogP contribution >= 0.6 is 0 Å². The minimum absolute atomic E-state index is 0.797. The fourth-order valence-corrected chi connectivity index (χ4v) is 3.40. The highest BCUT2D eigenvalue weighted by atomic mass is 16.5. The van der Waals surface area contributed by atoms with Crippen LogP contribution in [0.25, 0.3) is 0 Å². The Labute approximate surface area is 122 Å². The molecule has 1 aromatic rings. The smallest absolute Gasteiger partial charge is 0.0642 e. The second kappa shape index (κ2) is 6.59. The van der Waals surface area contributed by atoms with E-state index in [1.165, 1.54) is 49.2 Å². The Bertz CT molecular complexity index is 435. The number of aryl methyl sites for hydroxylation is 1. The number of nitrogens with zero attached hydrogens (tertiary/aromatic N) is 1. The van der Waals surface area contributed by atoms with Crippen LogP contribution in [-0.4, -0.2) is 39.4 Å². The van der Waals surface area contributed by atoms with Gasteiger partial charge in [0.15, 0.2) is 0 Å². The Kier molecular flexibility index (Phi) is 4.58. The molecule has 1 atom stereocenters. The number of morpholine rings is 1.